The topological polar surface area (TPSA) is 122 Å². The minimum Gasteiger partial charge on any atom is -0.494 e. The highest BCUT2D eigenvalue weighted by Crippen LogP contribution is 2.40. The van der Waals surface area contributed by atoms with Crippen LogP contribution in [0.5, 0.6) is 5.75 Å². The fourth-order valence-electron chi connectivity index (χ4n) is 5.73. The zero-order valence-electron chi connectivity index (χ0n) is 24.8. The smallest absolute Gasteiger partial charge is 0.363 e. The second-order valence-corrected chi connectivity index (χ2v) is 12.3. The van der Waals surface area contributed by atoms with Crippen LogP contribution in [0.4, 0.5) is 17.3 Å². The average molecular weight is 664 g/mol. The molecule has 2 fully saturated rings. The van der Waals surface area contributed by atoms with Crippen LogP contribution < -0.4 is 15.0 Å². The number of fused-ring (bicyclic) bond motifs is 1. The van der Waals surface area contributed by atoms with E-state index in [0.717, 1.165) is 61.9 Å². The van der Waals surface area contributed by atoms with Gasteiger partial charge in [-0.1, -0.05) is 55.2 Å². The van der Waals surface area contributed by atoms with Crippen molar-refractivity contribution in [2.45, 2.75) is 32.7 Å². The van der Waals surface area contributed by atoms with Crippen molar-refractivity contribution < 1.29 is 22.4 Å². The molecule has 0 unspecified atom stereocenters. The Labute approximate surface area is 267 Å². The second kappa shape index (κ2) is 13.9. The summed E-state index contributed by atoms with van der Waals surface area (Å²) >= 11 is 13.3. The number of methoxy groups -OCH3 is 1. The second-order valence-electron chi connectivity index (χ2n) is 10.2. The Morgan fingerprint density at radius 2 is 1.75 bits per heavy atom. The first-order valence-corrected chi connectivity index (χ1v) is 16.7. The van der Waals surface area contributed by atoms with E-state index in [0.29, 0.717) is 33.5 Å². The molecule has 44 heavy (non-hydrogen) atoms. The van der Waals surface area contributed by atoms with Gasteiger partial charge in [-0.05, 0) is 25.0 Å². The van der Waals surface area contributed by atoms with Gasteiger partial charge in [-0.25, -0.2) is 13.9 Å². The number of hydrogen-bond acceptors (Lipinski definition) is 9. The lowest BCUT2D eigenvalue weighted by Gasteiger charge is -2.41. The van der Waals surface area contributed by atoms with Gasteiger partial charge >= 0.3 is 10.3 Å². The first kappa shape index (κ1) is 32.3. The molecular weight excluding hydrogens is 627 g/mol. The number of aromatic nitrogens is 3. The van der Waals surface area contributed by atoms with Crippen LogP contribution in [0.3, 0.4) is 0 Å². The fourth-order valence-corrected chi connectivity index (χ4v) is 6.85. The molecule has 0 saturated carbocycles. The van der Waals surface area contributed by atoms with Crippen molar-refractivity contribution in [2.24, 2.45) is 0 Å². The highest BCUT2D eigenvalue weighted by Gasteiger charge is 2.27. The van der Waals surface area contributed by atoms with Crippen LogP contribution in [-0.4, -0.2) is 84.4 Å². The summed E-state index contributed by atoms with van der Waals surface area (Å²) in [6.07, 6.45) is 4.81. The highest BCUT2D eigenvalue weighted by molar-refractivity contribution is 7.84. The number of nitrogens with one attached hydrogen (secondary N) is 1. The third kappa shape index (κ3) is 6.75. The van der Waals surface area contributed by atoms with Crippen LogP contribution in [0.1, 0.15) is 26.7 Å². The van der Waals surface area contributed by atoms with Crippen molar-refractivity contribution in [1.29, 1.82) is 0 Å². The van der Waals surface area contributed by atoms with E-state index in [9.17, 15) is 13.0 Å². The van der Waals surface area contributed by atoms with E-state index in [4.69, 9.17) is 32.7 Å². The van der Waals surface area contributed by atoms with Crippen molar-refractivity contribution in [3.63, 3.8) is 0 Å². The van der Waals surface area contributed by atoms with Gasteiger partial charge in [-0.2, -0.15) is 8.42 Å². The first-order chi connectivity index (χ1) is 21.2. The summed E-state index contributed by atoms with van der Waals surface area (Å²) in [6, 6.07) is 11.0. The predicted octanol–water partition coefficient (Wildman–Crippen LogP) is 6.14. The minimum atomic E-state index is -4.55. The number of piperidine rings is 1. The Morgan fingerprint density at radius 1 is 1.05 bits per heavy atom. The van der Waals surface area contributed by atoms with E-state index in [1.54, 1.807) is 37.4 Å². The van der Waals surface area contributed by atoms with E-state index in [-0.39, 0.29) is 22.2 Å². The molecule has 4 heterocycles. The summed E-state index contributed by atoms with van der Waals surface area (Å²) in [7, 11) is -2.97. The molecule has 2 N–H and O–H groups in total. The van der Waals surface area contributed by atoms with Crippen LogP contribution >= 0.6 is 23.2 Å². The maximum Gasteiger partial charge on any atom is 0.363 e. The lowest BCUT2D eigenvalue weighted by molar-refractivity contribution is 0.0115. The van der Waals surface area contributed by atoms with Gasteiger partial charge in [0.1, 0.15) is 5.75 Å². The Bertz CT molecular complexity index is 1720. The lowest BCUT2D eigenvalue weighted by atomic mass is 10.0. The van der Waals surface area contributed by atoms with Gasteiger partial charge in [-0.3, -0.25) is 9.45 Å². The highest BCUT2D eigenvalue weighted by atomic mass is 35.5. The summed E-state index contributed by atoms with van der Waals surface area (Å²) in [5.41, 5.74) is 2.45. The number of nitrogens with zero attached hydrogens (tertiary/aromatic N) is 5. The van der Waals surface area contributed by atoms with Crippen LogP contribution in [0.2, 0.25) is 10.0 Å². The quantitative estimate of drug-likeness (QED) is 0.223. The molecule has 6 rings (SSSR count). The van der Waals surface area contributed by atoms with Crippen molar-refractivity contribution >= 4 is 61.7 Å². The molecule has 0 radical (unpaired) electrons. The molecule has 2 saturated heterocycles. The molecule has 2 aromatic heterocycles. The van der Waals surface area contributed by atoms with Gasteiger partial charge < -0.3 is 19.7 Å². The van der Waals surface area contributed by atoms with Crippen molar-refractivity contribution in [2.75, 3.05) is 56.7 Å². The van der Waals surface area contributed by atoms with Gasteiger partial charge in [0.05, 0.1) is 59.2 Å². The maximum atomic E-state index is 12.0. The Kier molecular flexibility index (Phi) is 10.2. The van der Waals surface area contributed by atoms with Gasteiger partial charge in [0.15, 0.2) is 0 Å². The molecule has 0 spiro atoms. The largest absolute Gasteiger partial charge is 0.494 e. The molecule has 0 aliphatic carbocycles. The van der Waals surface area contributed by atoms with E-state index < -0.39 is 10.3 Å². The monoisotopic (exact) mass is 662 g/mol. The molecular formula is C30H36Cl2N6O5S. The van der Waals surface area contributed by atoms with Crippen LogP contribution in [0.15, 0.2) is 48.8 Å². The molecule has 0 atom stereocenters. The summed E-state index contributed by atoms with van der Waals surface area (Å²) in [4.78, 5) is 13.7. The first-order valence-electron chi connectivity index (χ1n) is 14.5. The molecule has 2 aromatic carbocycles. The number of rotatable bonds is 7. The zero-order chi connectivity index (χ0) is 31.4. The Hall–Kier alpha value is -3.13. The van der Waals surface area contributed by atoms with Crippen molar-refractivity contribution in [3.8, 4) is 17.0 Å². The molecule has 14 heteroatoms. The number of morpholine rings is 1. The van der Waals surface area contributed by atoms with Crippen molar-refractivity contribution in [1.82, 2.24) is 18.8 Å². The SMILES string of the molecule is CC.COc1cc(N2CCC(N3CCOCC3)CC2)c(Cl)cc1Nc1ncc(Cl)c(-c2cn(S(=O)(=O)O)c3ccccc23)n1. The third-order valence-corrected chi connectivity index (χ3v) is 9.19. The van der Waals surface area contributed by atoms with Gasteiger partial charge in [0.2, 0.25) is 5.95 Å². The van der Waals surface area contributed by atoms with Gasteiger partial charge in [-0.15, -0.1) is 0 Å². The number of para-hydroxylation sites is 1. The molecule has 0 bridgehead atoms. The maximum absolute atomic E-state index is 12.0. The van der Waals surface area contributed by atoms with E-state index in [2.05, 4.69) is 25.1 Å². The number of benzene rings is 2. The summed E-state index contributed by atoms with van der Waals surface area (Å²) in [5, 5.41) is 4.48. The van der Waals surface area contributed by atoms with Crippen LogP contribution in [-0.2, 0) is 15.0 Å². The predicted molar refractivity (Wildman–Crippen MR) is 175 cm³/mol. The fraction of sp³-hybridized carbons (Fsp3) is 0.400. The normalized spacial score (nSPS) is 16.5. The average Bonchev–Trinajstić information content (AvgIpc) is 3.44. The Morgan fingerprint density at radius 3 is 2.43 bits per heavy atom. The summed E-state index contributed by atoms with van der Waals surface area (Å²) in [6.45, 7) is 9.33. The van der Waals surface area contributed by atoms with Crippen LogP contribution in [0, 0.1) is 0 Å². The van der Waals surface area contributed by atoms with E-state index in [1.165, 1.54) is 12.4 Å². The van der Waals surface area contributed by atoms with Gasteiger partial charge in [0, 0.05) is 55.4 Å². The molecule has 11 nitrogen and oxygen atoms in total. The van der Waals surface area contributed by atoms with Crippen molar-refractivity contribution in [3.05, 3.63) is 58.8 Å². The zero-order valence-corrected chi connectivity index (χ0v) is 27.2. The number of hydrogen-bond donors (Lipinski definition) is 2. The summed E-state index contributed by atoms with van der Waals surface area (Å²) in [5.74, 6) is 0.763. The molecule has 4 aromatic rings. The Balaban J connectivity index is 0.00000188. The molecule has 0 amide bonds. The number of ether oxygens (including phenoxy) is 2. The molecule has 236 valence electrons. The summed E-state index contributed by atoms with van der Waals surface area (Å²) < 4.78 is 45.8. The van der Waals surface area contributed by atoms with Gasteiger partial charge in [0.25, 0.3) is 0 Å². The number of anilines is 3. The molecule has 2 aliphatic heterocycles. The van der Waals surface area contributed by atoms with Crippen LogP contribution in [0.25, 0.3) is 22.2 Å². The molecule has 2 aliphatic rings. The van der Waals surface area contributed by atoms with E-state index in [1.807, 2.05) is 19.9 Å². The standard InChI is InChI=1S/C28H30Cl2N6O5S.C2H6/c1-40-26-15-25(35-8-6-18(7-9-35)34-10-12-41-13-11-34)21(29)14-23(26)32-28-31-16-22(30)27(33-28)20-17-36(42(37,38)39)24-5-3-2-4-19(20)24;1-2/h2-5,14-18H,6-13H2,1H3,(H,31,32,33)(H,37,38,39);1-2H3. The van der Waals surface area contributed by atoms with E-state index >= 15 is 0 Å². The number of halogens is 2. The lowest BCUT2D eigenvalue weighted by Crippen LogP contribution is -2.49. The third-order valence-electron chi connectivity index (χ3n) is 7.81. The minimum absolute atomic E-state index is 0.200.